The molecule has 0 bridgehead atoms. The lowest BCUT2D eigenvalue weighted by molar-refractivity contribution is -0.143. The Morgan fingerprint density at radius 3 is 2.33 bits per heavy atom. The highest BCUT2D eigenvalue weighted by atomic mass is 35.5. The minimum Gasteiger partial charge on any atom is -0.337 e. The van der Waals surface area contributed by atoms with Crippen molar-refractivity contribution in [1.29, 1.82) is 0 Å². The van der Waals surface area contributed by atoms with Gasteiger partial charge in [-0.25, -0.2) is 0 Å². The Bertz CT molecular complexity index is 660. The average Bonchev–Trinajstić information content (AvgIpc) is 3.02. The number of hydrogen-bond donors (Lipinski definition) is 1. The fourth-order valence-electron chi connectivity index (χ4n) is 4.18. The third kappa shape index (κ3) is 4.46. The highest BCUT2D eigenvalue weighted by molar-refractivity contribution is 6.09. The van der Waals surface area contributed by atoms with Crippen molar-refractivity contribution in [2.45, 2.75) is 64.5 Å². The molecule has 2 amide bonds. The summed E-state index contributed by atoms with van der Waals surface area (Å²) >= 11 is 0. The molecule has 5 nitrogen and oxygen atoms in total. The number of halogens is 1. The first-order chi connectivity index (χ1) is 12.4. The summed E-state index contributed by atoms with van der Waals surface area (Å²) in [7, 11) is 0. The van der Waals surface area contributed by atoms with Gasteiger partial charge in [-0.1, -0.05) is 26.0 Å². The topological polar surface area (TPSA) is 66.6 Å². The quantitative estimate of drug-likeness (QED) is 0.798. The number of rotatable bonds is 4. The first kappa shape index (κ1) is 21.7. The molecule has 3 rings (SSSR count). The molecule has 150 valence electrons. The van der Waals surface area contributed by atoms with Gasteiger partial charge in [0.15, 0.2) is 0 Å². The number of nitrogens with zero attached hydrogens (tertiary/aromatic N) is 2. The van der Waals surface area contributed by atoms with Gasteiger partial charge in [-0.2, -0.15) is 0 Å². The van der Waals surface area contributed by atoms with Crippen molar-refractivity contribution in [3.05, 3.63) is 29.8 Å². The standard InChI is InChI=1S/C21H31N3O2.ClH/c1-14(2)16-7-9-17(10-8-16)23-13-11-18(20(23)25)21(26)24-12-5-4-6-19(24)15(3)22;/h7-10,14-15,18-19H,4-6,11-13,22H2,1-3H3;1H. The van der Waals surface area contributed by atoms with Crippen LogP contribution in [0.2, 0.25) is 0 Å². The maximum Gasteiger partial charge on any atom is 0.239 e. The molecule has 2 heterocycles. The Labute approximate surface area is 168 Å². The van der Waals surface area contributed by atoms with E-state index in [9.17, 15) is 9.59 Å². The highest BCUT2D eigenvalue weighted by Gasteiger charge is 2.42. The van der Waals surface area contributed by atoms with Crippen molar-refractivity contribution in [3.63, 3.8) is 0 Å². The molecule has 3 atom stereocenters. The lowest BCUT2D eigenvalue weighted by Crippen LogP contribution is -2.54. The maximum absolute atomic E-state index is 13.1. The van der Waals surface area contributed by atoms with Gasteiger partial charge in [-0.3, -0.25) is 9.59 Å². The molecular weight excluding hydrogens is 362 g/mol. The van der Waals surface area contributed by atoms with Crippen LogP contribution in [-0.4, -0.2) is 41.9 Å². The van der Waals surface area contributed by atoms with E-state index in [4.69, 9.17) is 5.73 Å². The van der Waals surface area contributed by atoms with E-state index in [0.717, 1.165) is 31.5 Å². The summed E-state index contributed by atoms with van der Waals surface area (Å²) in [6, 6.07) is 8.12. The Hall–Kier alpha value is -1.59. The molecular formula is C21H32ClN3O2. The zero-order chi connectivity index (χ0) is 18.8. The van der Waals surface area contributed by atoms with Gasteiger partial charge >= 0.3 is 0 Å². The zero-order valence-electron chi connectivity index (χ0n) is 16.6. The van der Waals surface area contributed by atoms with E-state index in [1.165, 1.54) is 5.56 Å². The van der Waals surface area contributed by atoms with Crippen molar-refractivity contribution >= 4 is 29.9 Å². The SMILES string of the molecule is CC(C)c1ccc(N2CCC(C(=O)N3CCCCC3C(C)N)C2=O)cc1.Cl. The summed E-state index contributed by atoms with van der Waals surface area (Å²) in [4.78, 5) is 29.6. The summed E-state index contributed by atoms with van der Waals surface area (Å²) in [6.07, 6.45) is 3.62. The molecule has 0 radical (unpaired) electrons. The number of carbonyl (C=O) groups is 2. The molecule has 1 aromatic rings. The molecule has 2 aliphatic heterocycles. The van der Waals surface area contributed by atoms with Crippen LogP contribution in [0.1, 0.15) is 57.9 Å². The van der Waals surface area contributed by atoms with Gasteiger partial charge in [0.25, 0.3) is 0 Å². The Morgan fingerprint density at radius 1 is 1.07 bits per heavy atom. The number of amides is 2. The largest absolute Gasteiger partial charge is 0.337 e. The number of benzene rings is 1. The molecule has 2 fully saturated rings. The molecule has 0 saturated carbocycles. The molecule has 0 aromatic heterocycles. The molecule has 3 unspecified atom stereocenters. The van der Waals surface area contributed by atoms with E-state index in [-0.39, 0.29) is 36.3 Å². The lowest BCUT2D eigenvalue weighted by atomic mass is 9.94. The molecule has 2 aliphatic rings. The second-order valence-electron chi connectivity index (χ2n) is 8.03. The van der Waals surface area contributed by atoms with Crippen LogP contribution in [-0.2, 0) is 9.59 Å². The summed E-state index contributed by atoms with van der Waals surface area (Å²) in [5.74, 6) is -0.194. The molecule has 0 spiro atoms. The number of anilines is 1. The molecule has 1 aromatic carbocycles. The van der Waals surface area contributed by atoms with Gasteiger partial charge in [-0.05, 0) is 56.2 Å². The average molecular weight is 394 g/mol. The van der Waals surface area contributed by atoms with E-state index in [2.05, 4.69) is 26.0 Å². The van der Waals surface area contributed by atoms with E-state index >= 15 is 0 Å². The van der Waals surface area contributed by atoms with Crippen LogP contribution in [0.5, 0.6) is 0 Å². The predicted octanol–water partition coefficient (Wildman–Crippen LogP) is 3.31. The smallest absolute Gasteiger partial charge is 0.239 e. The van der Waals surface area contributed by atoms with Crippen LogP contribution in [0.15, 0.2) is 24.3 Å². The number of carbonyl (C=O) groups excluding carboxylic acids is 2. The Balaban J connectivity index is 0.00000261. The first-order valence-corrected chi connectivity index (χ1v) is 9.87. The Kier molecular flexibility index (Phi) is 7.29. The monoisotopic (exact) mass is 393 g/mol. The maximum atomic E-state index is 13.1. The summed E-state index contributed by atoms with van der Waals surface area (Å²) in [5.41, 5.74) is 8.23. The third-order valence-electron chi connectivity index (χ3n) is 5.81. The van der Waals surface area contributed by atoms with E-state index in [1.807, 2.05) is 24.0 Å². The van der Waals surface area contributed by atoms with E-state index in [1.54, 1.807) is 4.90 Å². The van der Waals surface area contributed by atoms with Crippen LogP contribution < -0.4 is 10.6 Å². The van der Waals surface area contributed by atoms with Gasteiger partial charge in [0.05, 0.1) is 0 Å². The summed E-state index contributed by atoms with van der Waals surface area (Å²) in [6.45, 7) is 7.58. The fourth-order valence-corrected chi connectivity index (χ4v) is 4.18. The number of likely N-dealkylation sites (tertiary alicyclic amines) is 1. The van der Waals surface area contributed by atoms with Crippen molar-refractivity contribution in [2.24, 2.45) is 11.7 Å². The van der Waals surface area contributed by atoms with E-state index < -0.39 is 5.92 Å². The molecule has 27 heavy (non-hydrogen) atoms. The van der Waals surface area contributed by atoms with Gasteiger partial charge in [-0.15, -0.1) is 12.4 Å². The van der Waals surface area contributed by atoms with Gasteiger partial charge in [0, 0.05) is 30.9 Å². The van der Waals surface area contributed by atoms with Crippen molar-refractivity contribution in [2.75, 3.05) is 18.0 Å². The normalized spacial score (nSPS) is 24.1. The molecule has 0 aliphatic carbocycles. The predicted molar refractivity (Wildman–Crippen MR) is 111 cm³/mol. The van der Waals surface area contributed by atoms with Crippen LogP contribution in [0.3, 0.4) is 0 Å². The Morgan fingerprint density at radius 2 is 1.74 bits per heavy atom. The second kappa shape index (κ2) is 9.07. The van der Waals surface area contributed by atoms with Crippen LogP contribution in [0.25, 0.3) is 0 Å². The number of hydrogen-bond acceptors (Lipinski definition) is 3. The first-order valence-electron chi connectivity index (χ1n) is 9.87. The lowest BCUT2D eigenvalue weighted by Gasteiger charge is -2.39. The summed E-state index contributed by atoms with van der Waals surface area (Å²) < 4.78 is 0. The second-order valence-corrected chi connectivity index (χ2v) is 8.03. The van der Waals surface area contributed by atoms with Gasteiger partial charge in [0.1, 0.15) is 5.92 Å². The molecule has 2 saturated heterocycles. The minimum absolute atomic E-state index is 0. The molecule has 6 heteroatoms. The zero-order valence-corrected chi connectivity index (χ0v) is 17.4. The van der Waals surface area contributed by atoms with E-state index in [0.29, 0.717) is 18.9 Å². The van der Waals surface area contributed by atoms with Crippen molar-refractivity contribution in [1.82, 2.24) is 4.90 Å². The van der Waals surface area contributed by atoms with Crippen LogP contribution >= 0.6 is 12.4 Å². The summed E-state index contributed by atoms with van der Waals surface area (Å²) in [5, 5.41) is 0. The van der Waals surface area contributed by atoms with Crippen molar-refractivity contribution < 1.29 is 9.59 Å². The third-order valence-corrected chi connectivity index (χ3v) is 5.81. The number of piperidine rings is 1. The van der Waals surface area contributed by atoms with Gasteiger partial charge in [0.2, 0.25) is 11.8 Å². The highest BCUT2D eigenvalue weighted by Crippen LogP contribution is 2.30. The van der Waals surface area contributed by atoms with Gasteiger partial charge < -0.3 is 15.5 Å². The fraction of sp³-hybridized carbons (Fsp3) is 0.619. The van der Waals surface area contributed by atoms with Crippen molar-refractivity contribution in [3.8, 4) is 0 Å². The number of nitrogens with two attached hydrogens (primary N) is 1. The minimum atomic E-state index is -0.556. The van der Waals surface area contributed by atoms with Crippen LogP contribution in [0.4, 0.5) is 5.69 Å². The van der Waals surface area contributed by atoms with Crippen LogP contribution in [0, 0.1) is 5.92 Å². The molecule has 2 N–H and O–H groups in total.